The highest BCUT2D eigenvalue weighted by atomic mass is 16.5. The predicted octanol–water partition coefficient (Wildman–Crippen LogP) is 2.51. The first-order valence-corrected chi connectivity index (χ1v) is 11.5. The largest absolute Gasteiger partial charge is 0.477 e. The Balaban J connectivity index is 1.38. The fourth-order valence-electron chi connectivity index (χ4n) is 4.95. The standard InChI is InChI=1S/C23H30N8O2/c1-5-33-22-18(21(32)28-19-12-31-11-13(2)25-20(31)14(3)26-19)10-24-23(29-22)30(4)17-8-15-6-7-16(9-17)27-15/h10-12,15-17,27H,5-9H2,1-4H3,(H,28,32). The molecule has 3 aromatic rings. The number of piperidine rings is 1. The van der Waals surface area contributed by atoms with Gasteiger partial charge in [-0.2, -0.15) is 4.98 Å². The number of hydrogen-bond donors (Lipinski definition) is 2. The summed E-state index contributed by atoms with van der Waals surface area (Å²) in [5.41, 5.74) is 2.66. The highest BCUT2D eigenvalue weighted by Gasteiger charge is 2.36. The minimum absolute atomic E-state index is 0.278. The van der Waals surface area contributed by atoms with Crippen LogP contribution >= 0.6 is 0 Å². The number of fused-ring (bicyclic) bond motifs is 3. The Morgan fingerprint density at radius 2 is 1.97 bits per heavy atom. The molecule has 2 unspecified atom stereocenters. The molecule has 2 bridgehead atoms. The van der Waals surface area contributed by atoms with Gasteiger partial charge < -0.3 is 24.7 Å². The predicted molar refractivity (Wildman–Crippen MR) is 125 cm³/mol. The molecule has 10 heteroatoms. The molecule has 2 aliphatic heterocycles. The quantitative estimate of drug-likeness (QED) is 0.590. The van der Waals surface area contributed by atoms with Gasteiger partial charge in [0, 0.05) is 37.6 Å². The molecule has 0 saturated carbocycles. The van der Waals surface area contributed by atoms with E-state index in [4.69, 9.17) is 4.74 Å². The Kier molecular flexibility index (Phi) is 5.61. The lowest BCUT2D eigenvalue weighted by molar-refractivity contribution is 0.102. The SMILES string of the molecule is CCOc1nc(N(C)C2CC3CCC(C2)N3)ncc1C(=O)Nc1cn2cc(C)nc2c(C)n1. The van der Waals surface area contributed by atoms with Gasteiger partial charge in [0.15, 0.2) is 5.65 Å². The molecule has 2 atom stereocenters. The van der Waals surface area contributed by atoms with Crippen molar-refractivity contribution in [1.82, 2.24) is 29.7 Å². The highest BCUT2D eigenvalue weighted by Crippen LogP contribution is 2.31. The molecular weight excluding hydrogens is 420 g/mol. The summed E-state index contributed by atoms with van der Waals surface area (Å²) in [6.07, 6.45) is 9.80. The van der Waals surface area contributed by atoms with Crippen LogP contribution in [0.5, 0.6) is 5.88 Å². The molecule has 0 aliphatic carbocycles. The van der Waals surface area contributed by atoms with E-state index in [1.165, 1.54) is 12.8 Å². The van der Waals surface area contributed by atoms with Crippen molar-refractivity contribution in [3.63, 3.8) is 0 Å². The minimum Gasteiger partial charge on any atom is -0.477 e. The number of hydrogen-bond acceptors (Lipinski definition) is 8. The second kappa shape index (κ2) is 8.58. The number of anilines is 2. The molecule has 174 valence electrons. The fraction of sp³-hybridized carbons (Fsp3) is 0.522. The maximum atomic E-state index is 13.1. The molecule has 0 radical (unpaired) electrons. The van der Waals surface area contributed by atoms with Crippen LogP contribution < -0.4 is 20.3 Å². The van der Waals surface area contributed by atoms with Crippen molar-refractivity contribution in [2.24, 2.45) is 0 Å². The Labute approximate surface area is 192 Å². The number of amides is 1. The lowest BCUT2D eigenvalue weighted by atomic mass is 9.99. The zero-order valence-electron chi connectivity index (χ0n) is 19.5. The highest BCUT2D eigenvalue weighted by molar-refractivity contribution is 6.05. The fourth-order valence-corrected chi connectivity index (χ4v) is 4.95. The van der Waals surface area contributed by atoms with Crippen LogP contribution in [-0.4, -0.2) is 62.0 Å². The van der Waals surface area contributed by atoms with Gasteiger partial charge in [0.1, 0.15) is 11.4 Å². The summed E-state index contributed by atoms with van der Waals surface area (Å²) in [5, 5.41) is 6.52. The van der Waals surface area contributed by atoms with Crippen LogP contribution in [0.1, 0.15) is 54.4 Å². The summed E-state index contributed by atoms with van der Waals surface area (Å²) in [6.45, 7) is 6.06. The molecule has 3 aromatic heterocycles. The van der Waals surface area contributed by atoms with Crippen LogP contribution in [0.25, 0.3) is 5.65 Å². The van der Waals surface area contributed by atoms with Crippen molar-refractivity contribution in [3.05, 3.63) is 35.5 Å². The minimum atomic E-state index is -0.365. The first-order chi connectivity index (χ1) is 15.9. The van der Waals surface area contributed by atoms with E-state index in [0.717, 1.165) is 29.9 Å². The van der Waals surface area contributed by atoms with Gasteiger partial charge >= 0.3 is 0 Å². The van der Waals surface area contributed by atoms with E-state index in [-0.39, 0.29) is 17.4 Å². The molecule has 5 rings (SSSR count). The topological polar surface area (TPSA) is 110 Å². The molecule has 0 aromatic carbocycles. The molecule has 2 fully saturated rings. The van der Waals surface area contributed by atoms with Gasteiger partial charge in [-0.25, -0.2) is 15.0 Å². The number of aryl methyl sites for hydroxylation is 2. The van der Waals surface area contributed by atoms with Gasteiger partial charge in [0.2, 0.25) is 11.8 Å². The van der Waals surface area contributed by atoms with Gasteiger partial charge in [-0.3, -0.25) is 4.79 Å². The number of rotatable bonds is 6. The van der Waals surface area contributed by atoms with Crippen molar-refractivity contribution in [1.29, 1.82) is 0 Å². The van der Waals surface area contributed by atoms with Crippen LogP contribution in [-0.2, 0) is 0 Å². The van der Waals surface area contributed by atoms with Crippen LogP contribution in [0.4, 0.5) is 11.8 Å². The number of carbonyl (C=O) groups excluding carboxylic acids is 1. The molecule has 33 heavy (non-hydrogen) atoms. The van der Waals surface area contributed by atoms with Crippen molar-refractivity contribution in [2.45, 2.75) is 64.6 Å². The van der Waals surface area contributed by atoms with E-state index in [1.54, 1.807) is 12.4 Å². The Morgan fingerprint density at radius 3 is 2.70 bits per heavy atom. The molecule has 0 spiro atoms. The maximum Gasteiger partial charge on any atom is 0.263 e. The molecule has 1 amide bonds. The number of carbonyl (C=O) groups is 1. The molecular formula is C23H30N8O2. The van der Waals surface area contributed by atoms with Gasteiger partial charge in [0.25, 0.3) is 5.91 Å². The lowest BCUT2D eigenvalue weighted by Crippen LogP contribution is -2.47. The van der Waals surface area contributed by atoms with Crippen LogP contribution in [0, 0.1) is 13.8 Å². The first-order valence-electron chi connectivity index (χ1n) is 11.5. The number of nitrogens with one attached hydrogen (secondary N) is 2. The summed E-state index contributed by atoms with van der Waals surface area (Å²) < 4.78 is 7.60. The third-order valence-electron chi connectivity index (χ3n) is 6.55. The Morgan fingerprint density at radius 1 is 1.21 bits per heavy atom. The summed E-state index contributed by atoms with van der Waals surface area (Å²) in [6, 6.07) is 1.51. The molecule has 2 N–H and O–H groups in total. The first kappa shape index (κ1) is 21.6. The van der Waals surface area contributed by atoms with E-state index in [9.17, 15) is 4.79 Å². The number of aromatic nitrogens is 5. The summed E-state index contributed by atoms with van der Waals surface area (Å²) >= 11 is 0. The van der Waals surface area contributed by atoms with E-state index in [2.05, 4.69) is 35.5 Å². The second-order valence-corrected chi connectivity index (χ2v) is 8.97. The molecule has 2 saturated heterocycles. The van der Waals surface area contributed by atoms with E-state index < -0.39 is 0 Å². The van der Waals surface area contributed by atoms with E-state index >= 15 is 0 Å². The summed E-state index contributed by atoms with van der Waals surface area (Å²) in [5.74, 6) is 0.914. The monoisotopic (exact) mass is 450 g/mol. The van der Waals surface area contributed by atoms with Gasteiger partial charge in [-0.15, -0.1) is 0 Å². The normalized spacial score (nSPS) is 21.9. The second-order valence-electron chi connectivity index (χ2n) is 8.97. The van der Waals surface area contributed by atoms with Crippen LogP contribution in [0.2, 0.25) is 0 Å². The molecule has 2 aliphatic rings. The van der Waals surface area contributed by atoms with Crippen LogP contribution in [0.15, 0.2) is 18.6 Å². The number of imidazole rings is 1. The Bertz CT molecular complexity index is 1180. The van der Waals surface area contributed by atoms with Crippen molar-refractivity contribution >= 4 is 23.3 Å². The maximum absolute atomic E-state index is 13.1. The average Bonchev–Trinajstić information content (AvgIpc) is 3.33. The van der Waals surface area contributed by atoms with E-state index in [0.29, 0.717) is 36.5 Å². The lowest BCUT2D eigenvalue weighted by Gasteiger charge is -2.35. The average molecular weight is 451 g/mol. The number of ether oxygens (including phenoxy) is 1. The summed E-state index contributed by atoms with van der Waals surface area (Å²) in [7, 11) is 2.02. The van der Waals surface area contributed by atoms with Crippen molar-refractivity contribution < 1.29 is 9.53 Å². The molecule has 5 heterocycles. The summed E-state index contributed by atoms with van der Waals surface area (Å²) in [4.78, 5) is 33.3. The van der Waals surface area contributed by atoms with Gasteiger partial charge in [0.05, 0.1) is 24.2 Å². The van der Waals surface area contributed by atoms with E-state index in [1.807, 2.05) is 38.4 Å². The third kappa shape index (κ3) is 4.22. The number of nitrogens with zero attached hydrogens (tertiary/aromatic N) is 6. The van der Waals surface area contributed by atoms with Crippen LogP contribution in [0.3, 0.4) is 0 Å². The van der Waals surface area contributed by atoms with Gasteiger partial charge in [-0.05, 0) is 46.5 Å². The third-order valence-corrected chi connectivity index (χ3v) is 6.55. The molecule has 10 nitrogen and oxygen atoms in total. The zero-order chi connectivity index (χ0) is 23.1. The van der Waals surface area contributed by atoms with Crippen molar-refractivity contribution in [2.75, 3.05) is 23.9 Å². The Hall–Kier alpha value is -3.27. The smallest absolute Gasteiger partial charge is 0.263 e. The van der Waals surface area contributed by atoms with Gasteiger partial charge in [-0.1, -0.05) is 0 Å². The van der Waals surface area contributed by atoms with Crippen molar-refractivity contribution in [3.8, 4) is 5.88 Å². The zero-order valence-corrected chi connectivity index (χ0v) is 19.5.